The number of fused-ring (bicyclic) bond motifs is 1. The molecule has 1 saturated carbocycles. The van der Waals surface area contributed by atoms with Crippen molar-refractivity contribution in [1.29, 1.82) is 0 Å². The number of nitrogens with zero attached hydrogens (tertiary/aromatic N) is 5. The Bertz CT molecular complexity index is 1060. The Kier molecular flexibility index (Phi) is 4.39. The smallest absolute Gasteiger partial charge is 0.275 e. The topological polar surface area (TPSA) is 87.5 Å². The van der Waals surface area contributed by atoms with Gasteiger partial charge < -0.3 is 19.9 Å². The Morgan fingerprint density at radius 3 is 2.79 bits per heavy atom. The predicted molar refractivity (Wildman–Crippen MR) is 107 cm³/mol. The Hall–Kier alpha value is -3.07. The lowest BCUT2D eigenvalue weighted by molar-refractivity contribution is 0.102. The first-order valence-electron chi connectivity index (χ1n) is 9.84. The summed E-state index contributed by atoms with van der Waals surface area (Å²) >= 11 is 0. The summed E-state index contributed by atoms with van der Waals surface area (Å²) in [6.07, 6.45) is 10.0. The van der Waals surface area contributed by atoms with Gasteiger partial charge in [-0.15, -0.1) is 0 Å². The van der Waals surface area contributed by atoms with Crippen LogP contribution in [0.3, 0.4) is 0 Å². The summed E-state index contributed by atoms with van der Waals surface area (Å²) in [5.41, 5.74) is 1.44. The van der Waals surface area contributed by atoms with E-state index in [0.29, 0.717) is 23.5 Å². The maximum Gasteiger partial charge on any atom is 0.275 e. The number of hydrogen-bond donors (Lipinski definition) is 2. The second-order valence-corrected chi connectivity index (χ2v) is 7.78. The minimum Gasteiger partial charge on any atom is -0.354 e. The van der Waals surface area contributed by atoms with Gasteiger partial charge in [0.25, 0.3) is 5.91 Å². The van der Waals surface area contributed by atoms with Gasteiger partial charge in [-0.3, -0.25) is 4.79 Å². The number of aryl methyl sites for hydroxylation is 1. The van der Waals surface area contributed by atoms with Gasteiger partial charge in [0, 0.05) is 43.6 Å². The maximum absolute atomic E-state index is 14.2. The first-order valence-corrected chi connectivity index (χ1v) is 9.84. The van der Waals surface area contributed by atoms with Crippen molar-refractivity contribution >= 4 is 23.1 Å². The summed E-state index contributed by atoms with van der Waals surface area (Å²) in [4.78, 5) is 27.4. The minimum absolute atomic E-state index is 0.183. The van der Waals surface area contributed by atoms with Crippen molar-refractivity contribution in [3.05, 3.63) is 48.1 Å². The van der Waals surface area contributed by atoms with Gasteiger partial charge in [-0.25, -0.2) is 19.3 Å². The van der Waals surface area contributed by atoms with Gasteiger partial charge in [0.2, 0.25) is 0 Å². The van der Waals surface area contributed by atoms with Crippen LogP contribution in [-0.4, -0.2) is 50.4 Å². The number of rotatable bonds is 5. The van der Waals surface area contributed by atoms with E-state index >= 15 is 0 Å². The van der Waals surface area contributed by atoms with Crippen LogP contribution in [0.1, 0.15) is 35.4 Å². The third kappa shape index (κ3) is 3.77. The molecule has 0 radical (unpaired) electrons. The van der Waals surface area contributed by atoms with Crippen LogP contribution in [0.2, 0.25) is 0 Å². The van der Waals surface area contributed by atoms with E-state index < -0.39 is 11.7 Å². The molecular formula is C20H22FN7O. The number of nitrogens with one attached hydrogen (secondary N) is 2. The highest BCUT2D eigenvalue weighted by molar-refractivity contribution is 6.02. The average molecular weight is 395 g/mol. The van der Waals surface area contributed by atoms with Gasteiger partial charge in [0.1, 0.15) is 11.5 Å². The number of hydrogen-bond acceptors (Lipinski definition) is 6. The van der Waals surface area contributed by atoms with Gasteiger partial charge in [0.05, 0.1) is 23.8 Å². The number of halogens is 1. The van der Waals surface area contributed by atoms with Gasteiger partial charge >= 0.3 is 0 Å². The molecule has 4 heterocycles. The standard InChI is InChI=1S/C20H22FN7O/c1-12-9-28-11-15(6-16(21)19(28)24-12)26-20(29)17-7-23-18(8-22-17)27-5-4-14(10-27)25-13-2-3-13/h6-9,11,13-14,25H,2-5,10H2,1H3,(H,26,29). The molecule has 1 atom stereocenters. The molecule has 2 N–H and O–H groups in total. The first kappa shape index (κ1) is 18.0. The van der Waals surface area contributed by atoms with Gasteiger partial charge in [0.15, 0.2) is 11.5 Å². The molecule has 2 aliphatic rings. The van der Waals surface area contributed by atoms with E-state index in [9.17, 15) is 9.18 Å². The molecule has 8 nitrogen and oxygen atoms in total. The summed E-state index contributed by atoms with van der Waals surface area (Å²) in [7, 11) is 0. The normalized spacial score (nSPS) is 19.1. The zero-order valence-corrected chi connectivity index (χ0v) is 16.1. The predicted octanol–water partition coefficient (Wildman–Crippen LogP) is 2.15. The third-order valence-electron chi connectivity index (χ3n) is 5.32. The van der Waals surface area contributed by atoms with Gasteiger partial charge in [-0.2, -0.15) is 0 Å². The largest absolute Gasteiger partial charge is 0.354 e. The third-order valence-corrected chi connectivity index (χ3v) is 5.32. The van der Waals surface area contributed by atoms with Crippen molar-refractivity contribution in [2.24, 2.45) is 0 Å². The lowest BCUT2D eigenvalue weighted by atomic mass is 10.2. The molecule has 9 heteroatoms. The SMILES string of the molecule is Cc1cn2cc(NC(=O)c3cnc(N4CCC(NC5CC5)C4)cn3)cc(F)c2n1. The molecule has 1 unspecified atom stereocenters. The molecule has 1 amide bonds. The minimum atomic E-state index is -0.499. The molecule has 29 heavy (non-hydrogen) atoms. The van der Waals surface area contributed by atoms with Crippen molar-refractivity contribution in [3.8, 4) is 0 Å². The molecule has 2 fully saturated rings. The highest BCUT2D eigenvalue weighted by atomic mass is 19.1. The molecule has 3 aromatic heterocycles. The second kappa shape index (κ2) is 7.07. The number of anilines is 2. The molecule has 1 aliphatic heterocycles. The van der Waals surface area contributed by atoms with Crippen LogP contribution >= 0.6 is 0 Å². The van der Waals surface area contributed by atoms with Crippen LogP contribution in [0.5, 0.6) is 0 Å². The number of pyridine rings is 1. The summed E-state index contributed by atoms with van der Waals surface area (Å²) in [5, 5.41) is 6.31. The van der Waals surface area contributed by atoms with E-state index in [0.717, 1.165) is 25.3 Å². The average Bonchev–Trinajstić information content (AvgIpc) is 3.24. The van der Waals surface area contributed by atoms with Crippen molar-refractivity contribution in [1.82, 2.24) is 24.7 Å². The zero-order chi connectivity index (χ0) is 20.0. The van der Waals surface area contributed by atoms with Crippen LogP contribution < -0.4 is 15.5 Å². The highest BCUT2D eigenvalue weighted by Crippen LogP contribution is 2.24. The zero-order valence-electron chi connectivity index (χ0n) is 16.1. The van der Waals surface area contributed by atoms with Crippen LogP contribution in [0.25, 0.3) is 5.65 Å². The summed E-state index contributed by atoms with van der Waals surface area (Å²) in [6, 6.07) is 2.43. The highest BCUT2D eigenvalue weighted by Gasteiger charge is 2.29. The van der Waals surface area contributed by atoms with Crippen molar-refractivity contribution in [2.75, 3.05) is 23.3 Å². The number of amides is 1. The summed E-state index contributed by atoms with van der Waals surface area (Å²) in [6.45, 7) is 3.61. The monoisotopic (exact) mass is 395 g/mol. The Morgan fingerprint density at radius 2 is 2.03 bits per heavy atom. The maximum atomic E-state index is 14.2. The van der Waals surface area contributed by atoms with E-state index in [1.807, 2.05) is 0 Å². The molecule has 5 rings (SSSR count). The van der Waals surface area contributed by atoms with E-state index in [-0.39, 0.29) is 11.3 Å². The fourth-order valence-corrected chi connectivity index (χ4v) is 3.73. The van der Waals surface area contributed by atoms with Crippen molar-refractivity contribution < 1.29 is 9.18 Å². The van der Waals surface area contributed by atoms with E-state index in [1.165, 1.54) is 25.1 Å². The molecular weight excluding hydrogens is 373 g/mol. The van der Waals surface area contributed by atoms with Gasteiger partial charge in [-0.05, 0) is 26.2 Å². The lowest BCUT2D eigenvalue weighted by Gasteiger charge is -2.17. The van der Waals surface area contributed by atoms with E-state index in [4.69, 9.17) is 0 Å². The quantitative estimate of drug-likeness (QED) is 0.688. The molecule has 0 aromatic carbocycles. The van der Waals surface area contributed by atoms with Crippen molar-refractivity contribution in [2.45, 2.75) is 38.3 Å². The van der Waals surface area contributed by atoms with Crippen LogP contribution in [0, 0.1) is 12.7 Å². The summed E-state index contributed by atoms with van der Waals surface area (Å²) < 4.78 is 15.7. The van der Waals surface area contributed by atoms with Crippen molar-refractivity contribution in [3.63, 3.8) is 0 Å². The van der Waals surface area contributed by atoms with Crippen LogP contribution in [0.4, 0.5) is 15.9 Å². The number of imidazole rings is 1. The lowest BCUT2D eigenvalue weighted by Crippen LogP contribution is -2.34. The number of aromatic nitrogens is 4. The molecule has 0 spiro atoms. The Balaban J connectivity index is 1.26. The summed E-state index contributed by atoms with van der Waals surface area (Å²) in [5.74, 6) is -0.168. The molecule has 0 bridgehead atoms. The fraction of sp³-hybridized carbons (Fsp3) is 0.400. The van der Waals surface area contributed by atoms with E-state index in [2.05, 4.69) is 30.5 Å². The van der Waals surface area contributed by atoms with Gasteiger partial charge in [-0.1, -0.05) is 0 Å². The Labute approximate surface area is 167 Å². The fourth-order valence-electron chi connectivity index (χ4n) is 3.73. The molecule has 1 saturated heterocycles. The molecule has 150 valence electrons. The number of carbonyl (C=O) groups is 1. The second-order valence-electron chi connectivity index (χ2n) is 7.78. The molecule has 3 aromatic rings. The van der Waals surface area contributed by atoms with Crippen LogP contribution in [0.15, 0.2) is 30.9 Å². The number of carbonyl (C=O) groups excluding carboxylic acids is 1. The van der Waals surface area contributed by atoms with E-state index in [1.54, 1.807) is 29.9 Å². The first-order chi connectivity index (χ1) is 14.0. The molecule has 1 aliphatic carbocycles. The Morgan fingerprint density at radius 1 is 1.17 bits per heavy atom. The van der Waals surface area contributed by atoms with Crippen LogP contribution in [-0.2, 0) is 0 Å².